The number of alkyl halides is 1. The van der Waals surface area contributed by atoms with E-state index in [4.69, 9.17) is 25.2 Å². The van der Waals surface area contributed by atoms with Gasteiger partial charge in [-0.05, 0) is 73.9 Å². The van der Waals surface area contributed by atoms with Crippen LogP contribution in [0.15, 0.2) is 24.3 Å². The molecule has 0 radical (unpaired) electrons. The molecule has 1 aliphatic carbocycles. The van der Waals surface area contributed by atoms with Crippen molar-refractivity contribution in [2.24, 2.45) is 0 Å². The molecule has 5 aliphatic rings. The molecule has 2 N–H and O–H groups in total. The SMILES string of the molecule is CC1CCC2(Cc3nc(OC[C@@]45CCCN4C[C@H](F)C5)nc(N4CCCn5nc(C(=O)N(C)C)cc5C4)c3CO2)c2cc(N)ccc21. The van der Waals surface area contributed by atoms with E-state index in [9.17, 15) is 9.18 Å². The van der Waals surface area contributed by atoms with Crippen LogP contribution >= 0.6 is 0 Å². The first kappa shape index (κ1) is 30.6. The zero-order valence-electron chi connectivity index (χ0n) is 27.7. The third kappa shape index (κ3) is 5.24. The first-order valence-corrected chi connectivity index (χ1v) is 17.1. The number of amides is 1. The number of hydrogen-bond acceptors (Lipinski definition) is 9. The van der Waals surface area contributed by atoms with Crippen LogP contribution in [0.4, 0.5) is 15.9 Å². The first-order valence-electron chi connectivity index (χ1n) is 17.1. The second-order valence-electron chi connectivity index (χ2n) is 14.6. The highest BCUT2D eigenvalue weighted by Crippen LogP contribution is 2.50. The van der Waals surface area contributed by atoms with Crippen molar-refractivity contribution in [2.75, 3.05) is 51.0 Å². The lowest BCUT2D eigenvalue weighted by molar-refractivity contribution is -0.0871. The van der Waals surface area contributed by atoms with E-state index in [1.54, 1.807) is 19.0 Å². The van der Waals surface area contributed by atoms with E-state index in [0.29, 0.717) is 63.3 Å². The lowest BCUT2D eigenvalue weighted by atomic mass is 9.71. The molecule has 6 heterocycles. The maximum absolute atomic E-state index is 14.6. The van der Waals surface area contributed by atoms with E-state index < -0.39 is 11.8 Å². The molecule has 4 atom stereocenters. The highest BCUT2D eigenvalue weighted by atomic mass is 19.1. The van der Waals surface area contributed by atoms with Gasteiger partial charge in [0.05, 0.1) is 35.7 Å². The van der Waals surface area contributed by atoms with E-state index in [2.05, 4.69) is 34.0 Å². The number of benzene rings is 1. The fourth-order valence-electron chi connectivity index (χ4n) is 8.74. The second-order valence-corrected chi connectivity index (χ2v) is 14.6. The Morgan fingerprint density at radius 1 is 1.17 bits per heavy atom. The monoisotopic (exact) mass is 644 g/mol. The minimum atomic E-state index is -0.830. The van der Waals surface area contributed by atoms with Gasteiger partial charge >= 0.3 is 6.01 Å². The van der Waals surface area contributed by atoms with Crippen LogP contribution in [-0.4, -0.2) is 87.5 Å². The molecular formula is C35H45FN8O3. The Kier molecular flexibility index (Phi) is 7.43. The molecule has 2 saturated heterocycles. The van der Waals surface area contributed by atoms with Crippen molar-refractivity contribution in [3.8, 4) is 6.01 Å². The fourth-order valence-corrected chi connectivity index (χ4v) is 8.74. The van der Waals surface area contributed by atoms with Crippen molar-refractivity contribution in [1.29, 1.82) is 0 Å². The predicted octanol–water partition coefficient (Wildman–Crippen LogP) is 4.19. The van der Waals surface area contributed by atoms with Crippen LogP contribution < -0.4 is 15.4 Å². The van der Waals surface area contributed by atoms with Gasteiger partial charge in [-0.2, -0.15) is 15.1 Å². The molecule has 12 heteroatoms. The van der Waals surface area contributed by atoms with Crippen molar-refractivity contribution in [3.05, 3.63) is 58.0 Å². The molecule has 4 aliphatic heterocycles. The Balaban J connectivity index is 1.17. The molecule has 1 amide bonds. The quantitative estimate of drug-likeness (QED) is 0.409. The summed E-state index contributed by atoms with van der Waals surface area (Å²) >= 11 is 0. The molecule has 2 fully saturated rings. The van der Waals surface area contributed by atoms with Gasteiger partial charge in [0.1, 0.15) is 18.6 Å². The normalized spacial score (nSPS) is 28.4. The van der Waals surface area contributed by atoms with Crippen molar-refractivity contribution >= 4 is 17.4 Å². The second kappa shape index (κ2) is 11.4. The molecule has 11 nitrogen and oxygen atoms in total. The van der Waals surface area contributed by atoms with E-state index in [0.717, 1.165) is 79.2 Å². The third-order valence-corrected chi connectivity index (χ3v) is 11.2. The largest absolute Gasteiger partial charge is 0.461 e. The molecule has 1 spiro atoms. The average molecular weight is 645 g/mol. The molecule has 3 aromatic rings. The Hall–Kier alpha value is -3.77. The maximum Gasteiger partial charge on any atom is 0.318 e. The first-order chi connectivity index (χ1) is 22.6. The van der Waals surface area contributed by atoms with Crippen molar-refractivity contribution in [2.45, 2.75) is 94.8 Å². The number of rotatable bonds is 5. The van der Waals surface area contributed by atoms with E-state index in [1.807, 2.05) is 16.8 Å². The van der Waals surface area contributed by atoms with Crippen LogP contribution in [0.5, 0.6) is 6.01 Å². The van der Waals surface area contributed by atoms with Crippen LogP contribution in [0.1, 0.15) is 89.9 Å². The number of carbonyl (C=O) groups is 1. The van der Waals surface area contributed by atoms with Gasteiger partial charge in [0.25, 0.3) is 5.91 Å². The lowest BCUT2D eigenvalue weighted by Crippen LogP contribution is -2.44. The van der Waals surface area contributed by atoms with Gasteiger partial charge in [-0.15, -0.1) is 0 Å². The number of halogens is 1. The van der Waals surface area contributed by atoms with Crippen molar-refractivity contribution in [3.63, 3.8) is 0 Å². The van der Waals surface area contributed by atoms with Crippen LogP contribution in [0, 0.1) is 0 Å². The summed E-state index contributed by atoms with van der Waals surface area (Å²) in [6, 6.07) is 8.44. The summed E-state index contributed by atoms with van der Waals surface area (Å²) < 4.78 is 29.9. The van der Waals surface area contributed by atoms with E-state index in [-0.39, 0.29) is 11.4 Å². The number of nitrogens with zero attached hydrogens (tertiary/aromatic N) is 7. The Morgan fingerprint density at radius 2 is 2.04 bits per heavy atom. The Morgan fingerprint density at radius 3 is 2.89 bits per heavy atom. The number of ether oxygens (including phenoxy) is 2. The van der Waals surface area contributed by atoms with Crippen LogP contribution in [0.3, 0.4) is 0 Å². The predicted molar refractivity (Wildman–Crippen MR) is 175 cm³/mol. The van der Waals surface area contributed by atoms with Crippen molar-refractivity contribution < 1.29 is 18.7 Å². The summed E-state index contributed by atoms with van der Waals surface area (Å²) in [5, 5.41) is 4.64. The molecular weight excluding hydrogens is 599 g/mol. The lowest BCUT2D eigenvalue weighted by Gasteiger charge is -2.44. The molecule has 2 unspecified atom stereocenters. The fraction of sp³-hybridized carbons (Fsp3) is 0.600. The zero-order chi connectivity index (χ0) is 32.5. The smallest absolute Gasteiger partial charge is 0.318 e. The number of hydrogen-bond donors (Lipinski definition) is 1. The molecule has 8 rings (SSSR count). The molecule has 250 valence electrons. The average Bonchev–Trinajstić information content (AvgIpc) is 3.68. The summed E-state index contributed by atoms with van der Waals surface area (Å²) in [5.74, 6) is 1.10. The van der Waals surface area contributed by atoms with Gasteiger partial charge in [-0.3, -0.25) is 14.4 Å². The molecule has 0 bridgehead atoms. The number of carbonyl (C=O) groups excluding carboxylic acids is 1. The van der Waals surface area contributed by atoms with E-state index in [1.165, 1.54) is 5.56 Å². The maximum atomic E-state index is 14.6. The van der Waals surface area contributed by atoms with Gasteiger partial charge in [0.2, 0.25) is 0 Å². The van der Waals surface area contributed by atoms with Gasteiger partial charge < -0.3 is 25.0 Å². The summed E-state index contributed by atoms with van der Waals surface area (Å²) in [4.78, 5) is 29.0. The van der Waals surface area contributed by atoms with Gasteiger partial charge in [0, 0.05) is 57.8 Å². The van der Waals surface area contributed by atoms with Gasteiger partial charge in [0.15, 0.2) is 5.69 Å². The Bertz CT molecular complexity index is 1710. The summed E-state index contributed by atoms with van der Waals surface area (Å²) in [6.45, 7) is 6.39. The highest BCUT2D eigenvalue weighted by Gasteiger charge is 2.50. The number of nitrogen functional groups attached to an aromatic ring is 1. The Labute approximate surface area is 275 Å². The summed E-state index contributed by atoms with van der Waals surface area (Å²) in [7, 11) is 3.48. The van der Waals surface area contributed by atoms with Crippen LogP contribution in [0.25, 0.3) is 0 Å². The number of nitrogens with two attached hydrogens (primary N) is 1. The van der Waals surface area contributed by atoms with E-state index >= 15 is 0 Å². The zero-order valence-corrected chi connectivity index (χ0v) is 27.7. The molecule has 1 aromatic carbocycles. The number of anilines is 2. The van der Waals surface area contributed by atoms with Crippen molar-refractivity contribution in [1.82, 2.24) is 29.5 Å². The number of aryl methyl sites for hydroxylation is 1. The topological polar surface area (TPSA) is 115 Å². The molecule has 0 saturated carbocycles. The summed E-state index contributed by atoms with van der Waals surface area (Å²) in [5.41, 5.74) is 12.0. The molecule has 47 heavy (non-hydrogen) atoms. The number of aromatic nitrogens is 4. The van der Waals surface area contributed by atoms with Gasteiger partial charge in [-0.25, -0.2) is 4.39 Å². The third-order valence-electron chi connectivity index (χ3n) is 11.2. The standard InChI is InChI=1S/C35H45FN8O3/c1-22-8-10-35(28-14-24(37)6-7-26(22)28)17-30-27(20-47-35)31(39-33(38-30)46-21-34-9-4-12-43(34)18-23(36)16-34)42-11-5-13-44-25(19-42)15-29(40-44)32(45)41(2)3/h6-7,14-15,22-23H,4-5,8-13,16-21,37H2,1-3H3/t22?,23-,34+,35?/m1/s1. The molecule has 2 aromatic heterocycles. The number of fused-ring (bicyclic) bond motifs is 5. The minimum Gasteiger partial charge on any atom is -0.461 e. The van der Waals surface area contributed by atoms with Crippen LogP contribution in [0.2, 0.25) is 0 Å². The summed E-state index contributed by atoms with van der Waals surface area (Å²) in [6.07, 6.45) is 4.95. The highest BCUT2D eigenvalue weighted by molar-refractivity contribution is 5.92. The van der Waals surface area contributed by atoms with Crippen LogP contribution in [-0.2, 0) is 36.5 Å². The van der Waals surface area contributed by atoms with Gasteiger partial charge in [-0.1, -0.05) is 13.0 Å². The minimum absolute atomic E-state index is 0.114.